The molecule has 0 aromatic carbocycles. The van der Waals surface area contributed by atoms with Crippen molar-refractivity contribution in [2.24, 2.45) is 4.99 Å². The van der Waals surface area contributed by atoms with Gasteiger partial charge in [0.2, 0.25) is 0 Å². The number of nitrogens with one attached hydrogen (secondary N) is 1. The summed E-state index contributed by atoms with van der Waals surface area (Å²) in [6.07, 6.45) is 5.07. The second kappa shape index (κ2) is 5.26. The van der Waals surface area contributed by atoms with Crippen LogP contribution in [0.1, 0.15) is 25.7 Å². The third-order valence-corrected chi connectivity index (χ3v) is 2.41. The minimum absolute atomic E-state index is 0.318. The molecule has 2 atom stereocenters. The van der Waals surface area contributed by atoms with Crippen LogP contribution in [0.4, 0.5) is 0 Å². The van der Waals surface area contributed by atoms with Crippen molar-refractivity contribution in [2.75, 3.05) is 0 Å². The maximum atomic E-state index is 10.2. The Morgan fingerprint density at radius 3 is 3.08 bits per heavy atom. The Balaban J connectivity index is 2.39. The fourth-order valence-electron chi connectivity index (χ4n) is 1.60. The number of amides is 1. The van der Waals surface area contributed by atoms with E-state index in [9.17, 15) is 4.79 Å². The molecule has 0 aromatic rings. The van der Waals surface area contributed by atoms with Crippen molar-refractivity contribution in [1.29, 1.82) is 0 Å². The van der Waals surface area contributed by atoms with E-state index in [2.05, 4.69) is 30.6 Å². The van der Waals surface area contributed by atoms with Crippen LogP contribution in [0, 0.1) is 0 Å². The van der Waals surface area contributed by atoms with E-state index in [4.69, 9.17) is 0 Å². The summed E-state index contributed by atoms with van der Waals surface area (Å²) in [6, 6.07) is 0.663. The van der Waals surface area contributed by atoms with E-state index in [0.29, 0.717) is 12.1 Å². The molecule has 3 nitrogen and oxygen atoms in total. The fourth-order valence-corrected chi connectivity index (χ4v) is 1.92. The molecule has 1 aliphatic carbocycles. The van der Waals surface area contributed by atoms with Crippen LogP contribution in [-0.2, 0) is 4.79 Å². The Labute approximate surface area is 80.0 Å². The van der Waals surface area contributed by atoms with E-state index in [1.54, 1.807) is 0 Å². The molecule has 1 N–H and O–H groups in total. The van der Waals surface area contributed by atoms with Crippen molar-refractivity contribution in [3.8, 4) is 0 Å². The normalized spacial score (nSPS) is 28.7. The van der Waals surface area contributed by atoms with E-state index in [1.165, 1.54) is 0 Å². The van der Waals surface area contributed by atoms with Gasteiger partial charge in [0.25, 0.3) is 0 Å². The first kappa shape index (κ1) is 9.66. The summed E-state index contributed by atoms with van der Waals surface area (Å²) < 4.78 is 2.68. The molecule has 1 fully saturated rings. The first-order valence-electron chi connectivity index (χ1n) is 4.13. The molecular formula is C8H12N2OSe. The number of nitrogens with zero attached hydrogens (tertiary/aromatic N) is 1. The summed E-state index contributed by atoms with van der Waals surface area (Å²) in [5.41, 5.74) is 0. The maximum absolute atomic E-state index is 10.2. The van der Waals surface area contributed by atoms with E-state index in [-0.39, 0.29) is 0 Å². The Morgan fingerprint density at radius 2 is 2.42 bits per heavy atom. The van der Waals surface area contributed by atoms with Gasteiger partial charge in [0.05, 0.1) is 0 Å². The van der Waals surface area contributed by atoms with Crippen molar-refractivity contribution < 1.29 is 4.79 Å². The number of carbonyl (C=O) groups excluding carboxylic acids is 1. The zero-order valence-electron chi connectivity index (χ0n) is 6.82. The second-order valence-electron chi connectivity index (χ2n) is 3.02. The van der Waals surface area contributed by atoms with E-state index in [0.717, 1.165) is 32.1 Å². The quantitative estimate of drug-likeness (QED) is 0.418. The molecule has 2 unspecified atom stereocenters. The van der Waals surface area contributed by atoms with Gasteiger partial charge >= 0.3 is 79.6 Å². The monoisotopic (exact) mass is 232 g/mol. The molecular weight excluding hydrogens is 219 g/mol. The van der Waals surface area contributed by atoms with Crippen molar-refractivity contribution in [3.63, 3.8) is 0 Å². The molecule has 1 amide bonds. The topological polar surface area (TPSA) is 41.5 Å². The van der Waals surface area contributed by atoms with Crippen molar-refractivity contribution >= 4 is 26.7 Å². The molecule has 1 aliphatic rings. The number of carbonyl (C=O) groups is 1. The molecule has 0 heterocycles. The van der Waals surface area contributed by atoms with Crippen LogP contribution >= 0.6 is 0 Å². The Bertz CT molecular complexity index is 201. The van der Waals surface area contributed by atoms with E-state index in [1.807, 2.05) is 0 Å². The summed E-state index contributed by atoms with van der Waals surface area (Å²) in [7, 11) is 0. The Hall–Kier alpha value is -0.431. The zero-order valence-corrected chi connectivity index (χ0v) is 8.54. The molecule has 0 aromatic heterocycles. The van der Waals surface area contributed by atoms with Crippen LogP contribution in [0.15, 0.2) is 4.99 Å². The standard InChI is InChI=1S/C8H12N2OSe/c11-5-9-7-2-1-3-8(4-7)10-6-12/h5,7-8H,1-4H2,(H,9,11). The van der Waals surface area contributed by atoms with E-state index < -0.39 is 0 Å². The predicted molar refractivity (Wildman–Crippen MR) is 48.4 cm³/mol. The fraction of sp³-hybridized carbons (Fsp3) is 0.750. The van der Waals surface area contributed by atoms with Crippen LogP contribution in [0.3, 0.4) is 0 Å². The van der Waals surface area contributed by atoms with Crippen molar-refractivity contribution in [1.82, 2.24) is 5.32 Å². The van der Waals surface area contributed by atoms with Gasteiger partial charge in [0.1, 0.15) is 0 Å². The van der Waals surface area contributed by atoms with Gasteiger partial charge in [0, 0.05) is 0 Å². The summed E-state index contributed by atoms with van der Waals surface area (Å²) >= 11 is 2.63. The van der Waals surface area contributed by atoms with Crippen molar-refractivity contribution in [2.45, 2.75) is 37.8 Å². The Morgan fingerprint density at radius 1 is 1.58 bits per heavy atom. The molecule has 0 radical (unpaired) electrons. The number of rotatable bonds is 3. The van der Waals surface area contributed by atoms with Crippen LogP contribution in [0.25, 0.3) is 0 Å². The third-order valence-electron chi connectivity index (χ3n) is 2.19. The van der Waals surface area contributed by atoms with Gasteiger partial charge in [-0.1, -0.05) is 0 Å². The van der Waals surface area contributed by atoms with Gasteiger partial charge in [-0.2, -0.15) is 0 Å². The van der Waals surface area contributed by atoms with Crippen LogP contribution in [0.2, 0.25) is 0 Å². The molecule has 0 bridgehead atoms. The van der Waals surface area contributed by atoms with Gasteiger partial charge in [-0.05, 0) is 0 Å². The third kappa shape index (κ3) is 2.90. The first-order chi connectivity index (χ1) is 5.86. The number of hydrogen-bond donors (Lipinski definition) is 1. The van der Waals surface area contributed by atoms with Crippen molar-refractivity contribution in [3.05, 3.63) is 0 Å². The Kier molecular flexibility index (Phi) is 4.23. The predicted octanol–water partition coefficient (Wildman–Crippen LogP) is 0.117. The molecule has 0 saturated heterocycles. The first-order valence-corrected chi connectivity index (χ1v) is 4.99. The minimum atomic E-state index is 0.318. The van der Waals surface area contributed by atoms with Crippen LogP contribution < -0.4 is 5.32 Å². The van der Waals surface area contributed by atoms with Gasteiger partial charge < -0.3 is 0 Å². The number of aliphatic imine (C=N–C) groups is 1. The SMILES string of the molecule is O=CNC1CCCC(N=C=[Se])C1. The van der Waals surface area contributed by atoms with Gasteiger partial charge in [-0.15, -0.1) is 0 Å². The second-order valence-corrected chi connectivity index (χ2v) is 3.41. The number of hydrogen-bond acceptors (Lipinski definition) is 2. The molecule has 0 aliphatic heterocycles. The average Bonchev–Trinajstić information content (AvgIpc) is 2.06. The molecule has 4 heteroatoms. The molecule has 12 heavy (non-hydrogen) atoms. The van der Waals surface area contributed by atoms with Gasteiger partial charge in [-0.3, -0.25) is 0 Å². The van der Waals surface area contributed by atoms with Gasteiger partial charge in [-0.25, -0.2) is 0 Å². The van der Waals surface area contributed by atoms with E-state index >= 15 is 0 Å². The van der Waals surface area contributed by atoms with Crippen LogP contribution in [-0.4, -0.2) is 38.8 Å². The summed E-state index contributed by atoms with van der Waals surface area (Å²) in [4.78, 5) is 14.3. The molecule has 66 valence electrons. The average molecular weight is 231 g/mol. The summed E-state index contributed by atoms with van der Waals surface area (Å²) in [5, 5.41) is 2.79. The van der Waals surface area contributed by atoms with Gasteiger partial charge in [0.15, 0.2) is 0 Å². The van der Waals surface area contributed by atoms with Crippen LogP contribution in [0.5, 0.6) is 0 Å². The summed E-state index contributed by atoms with van der Waals surface area (Å²) in [6.45, 7) is 0. The summed E-state index contributed by atoms with van der Waals surface area (Å²) in [5.74, 6) is 0. The molecule has 1 rings (SSSR count). The molecule has 0 spiro atoms. The molecule has 1 saturated carbocycles. The zero-order chi connectivity index (χ0) is 8.81.